The summed E-state index contributed by atoms with van der Waals surface area (Å²) < 4.78 is 5.90. The lowest BCUT2D eigenvalue weighted by Crippen LogP contribution is -2.16. The Labute approximate surface area is 167 Å². The molecule has 0 aliphatic carbocycles. The van der Waals surface area contributed by atoms with Crippen LogP contribution in [0.25, 0.3) is 10.9 Å². The fraction of sp³-hybridized carbons (Fsp3) is 0.200. The maximum absolute atomic E-state index is 5.90. The van der Waals surface area contributed by atoms with Crippen molar-refractivity contribution in [2.45, 2.75) is 26.8 Å². The molecule has 0 saturated carbocycles. The molecule has 4 rings (SSSR count). The fourth-order valence-corrected chi connectivity index (χ4v) is 3.14. The third-order valence-electron chi connectivity index (χ3n) is 4.45. The SMILES string of the molecule is CC.c1ccc(Oc2cccc(CNCCc3c[nH]c4ccccc34)c2)cc1. The van der Waals surface area contributed by atoms with Crippen LogP contribution in [0.4, 0.5) is 0 Å². The number of benzene rings is 3. The van der Waals surface area contributed by atoms with Crippen molar-refractivity contribution in [3.63, 3.8) is 0 Å². The van der Waals surface area contributed by atoms with E-state index in [9.17, 15) is 0 Å². The molecule has 2 N–H and O–H groups in total. The number of H-pyrrole nitrogens is 1. The standard InChI is InChI=1S/C23H22N2O.C2H6/c1-2-8-20(9-3-1)26-21-10-6-7-18(15-21)16-24-14-13-19-17-25-23-12-5-4-11-22(19)23;1-2/h1-12,15,17,24-25H,13-14,16H2;1-2H3. The lowest BCUT2D eigenvalue weighted by atomic mass is 10.1. The summed E-state index contributed by atoms with van der Waals surface area (Å²) in [4.78, 5) is 3.33. The molecular weight excluding hydrogens is 344 g/mol. The molecule has 0 fully saturated rings. The number of aromatic nitrogens is 1. The average molecular weight is 373 g/mol. The Hall–Kier alpha value is -3.04. The van der Waals surface area contributed by atoms with E-state index in [1.54, 1.807) is 0 Å². The van der Waals surface area contributed by atoms with Crippen LogP contribution in [0.2, 0.25) is 0 Å². The number of hydrogen-bond donors (Lipinski definition) is 2. The first-order valence-corrected chi connectivity index (χ1v) is 9.96. The van der Waals surface area contributed by atoms with Gasteiger partial charge in [-0.1, -0.05) is 62.4 Å². The van der Waals surface area contributed by atoms with E-state index in [1.807, 2.05) is 56.3 Å². The van der Waals surface area contributed by atoms with Crippen molar-refractivity contribution in [1.29, 1.82) is 0 Å². The summed E-state index contributed by atoms with van der Waals surface area (Å²) in [6, 6.07) is 26.5. The smallest absolute Gasteiger partial charge is 0.127 e. The van der Waals surface area contributed by atoms with E-state index in [0.717, 1.165) is 31.0 Å². The van der Waals surface area contributed by atoms with E-state index in [-0.39, 0.29) is 0 Å². The van der Waals surface area contributed by atoms with Crippen molar-refractivity contribution in [3.05, 3.63) is 96.2 Å². The van der Waals surface area contributed by atoms with Gasteiger partial charge in [0.15, 0.2) is 0 Å². The van der Waals surface area contributed by atoms with Gasteiger partial charge in [0, 0.05) is 23.6 Å². The van der Waals surface area contributed by atoms with Crippen molar-refractivity contribution >= 4 is 10.9 Å². The molecule has 0 atom stereocenters. The zero-order valence-corrected chi connectivity index (χ0v) is 16.6. The highest BCUT2D eigenvalue weighted by Crippen LogP contribution is 2.22. The summed E-state index contributed by atoms with van der Waals surface area (Å²) >= 11 is 0. The zero-order valence-electron chi connectivity index (χ0n) is 16.6. The Morgan fingerprint density at radius 3 is 2.43 bits per heavy atom. The number of ether oxygens (including phenoxy) is 1. The van der Waals surface area contributed by atoms with Crippen LogP contribution in [-0.4, -0.2) is 11.5 Å². The van der Waals surface area contributed by atoms with Gasteiger partial charge in [0.1, 0.15) is 11.5 Å². The van der Waals surface area contributed by atoms with Crippen LogP contribution in [0.3, 0.4) is 0 Å². The Morgan fingerprint density at radius 1 is 0.821 bits per heavy atom. The van der Waals surface area contributed by atoms with E-state index >= 15 is 0 Å². The normalized spacial score (nSPS) is 10.4. The molecule has 1 aromatic heterocycles. The van der Waals surface area contributed by atoms with Gasteiger partial charge in [0.05, 0.1) is 0 Å². The van der Waals surface area contributed by atoms with Crippen LogP contribution < -0.4 is 10.1 Å². The van der Waals surface area contributed by atoms with Gasteiger partial charge >= 0.3 is 0 Å². The molecule has 0 unspecified atom stereocenters. The second-order valence-electron chi connectivity index (χ2n) is 6.35. The first-order valence-electron chi connectivity index (χ1n) is 9.96. The zero-order chi connectivity index (χ0) is 19.6. The first-order chi connectivity index (χ1) is 13.9. The van der Waals surface area contributed by atoms with Crippen LogP contribution in [0.1, 0.15) is 25.0 Å². The van der Waals surface area contributed by atoms with Crippen molar-refractivity contribution in [2.75, 3.05) is 6.54 Å². The number of para-hydroxylation sites is 2. The minimum absolute atomic E-state index is 0.828. The molecule has 3 nitrogen and oxygen atoms in total. The molecule has 1 heterocycles. The van der Waals surface area contributed by atoms with Gasteiger partial charge in [-0.15, -0.1) is 0 Å². The molecule has 0 aliphatic heterocycles. The summed E-state index contributed by atoms with van der Waals surface area (Å²) in [5.74, 6) is 1.73. The Morgan fingerprint density at radius 2 is 1.57 bits per heavy atom. The summed E-state index contributed by atoms with van der Waals surface area (Å²) in [5, 5.41) is 4.84. The number of fused-ring (bicyclic) bond motifs is 1. The molecule has 144 valence electrons. The highest BCUT2D eigenvalue weighted by molar-refractivity contribution is 5.83. The van der Waals surface area contributed by atoms with Crippen LogP contribution >= 0.6 is 0 Å². The molecule has 3 aromatic carbocycles. The van der Waals surface area contributed by atoms with Gasteiger partial charge in [0.2, 0.25) is 0 Å². The molecule has 4 aromatic rings. The van der Waals surface area contributed by atoms with Crippen LogP contribution in [0.5, 0.6) is 11.5 Å². The van der Waals surface area contributed by atoms with E-state index in [0.29, 0.717) is 0 Å². The largest absolute Gasteiger partial charge is 0.457 e. The third-order valence-corrected chi connectivity index (χ3v) is 4.45. The average Bonchev–Trinajstić information content (AvgIpc) is 3.17. The van der Waals surface area contributed by atoms with Gasteiger partial charge < -0.3 is 15.0 Å². The lowest BCUT2D eigenvalue weighted by Gasteiger charge is -2.08. The first kappa shape index (κ1) is 19.7. The van der Waals surface area contributed by atoms with Gasteiger partial charge in [-0.05, 0) is 54.4 Å². The molecular formula is C25H28N2O. The predicted molar refractivity (Wildman–Crippen MR) is 118 cm³/mol. The number of nitrogens with one attached hydrogen (secondary N) is 2. The molecule has 0 saturated heterocycles. The minimum Gasteiger partial charge on any atom is -0.457 e. The fourth-order valence-electron chi connectivity index (χ4n) is 3.14. The number of rotatable bonds is 7. The highest BCUT2D eigenvalue weighted by atomic mass is 16.5. The summed E-state index contributed by atoms with van der Waals surface area (Å²) in [6.45, 7) is 5.76. The van der Waals surface area contributed by atoms with E-state index in [2.05, 4.69) is 52.9 Å². The van der Waals surface area contributed by atoms with E-state index in [1.165, 1.54) is 22.0 Å². The van der Waals surface area contributed by atoms with Crippen molar-refractivity contribution in [3.8, 4) is 11.5 Å². The summed E-state index contributed by atoms with van der Waals surface area (Å²) in [6.07, 6.45) is 3.12. The van der Waals surface area contributed by atoms with Gasteiger partial charge in [-0.2, -0.15) is 0 Å². The molecule has 0 amide bonds. The van der Waals surface area contributed by atoms with Crippen molar-refractivity contribution in [1.82, 2.24) is 10.3 Å². The van der Waals surface area contributed by atoms with E-state index in [4.69, 9.17) is 4.74 Å². The molecule has 3 heteroatoms. The molecule has 0 aliphatic rings. The van der Waals surface area contributed by atoms with Crippen LogP contribution in [0, 0.1) is 0 Å². The highest BCUT2D eigenvalue weighted by Gasteiger charge is 2.03. The Balaban J connectivity index is 0.00000109. The quantitative estimate of drug-likeness (QED) is 0.373. The minimum atomic E-state index is 0.828. The Bertz CT molecular complexity index is 976. The number of aromatic amines is 1. The second-order valence-corrected chi connectivity index (χ2v) is 6.35. The van der Waals surface area contributed by atoms with Gasteiger partial charge in [-0.3, -0.25) is 0 Å². The molecule has 0 spiro atoms. The summed E-state index contributed by atoms with van der Waals surface area (Å²) in [7, 11) is 0. The van der Waals surface area contributed by atoms with Gasteiger partial charge in [-0.25, -0.2) is 0 Å². The lowest BCUT2D eigenvalue weighted by molar-refractivity contribution is 0.481. The number of hydrogen-bond acceptors (Lipinski definition) is 2. The maximum Gasteiger partial charge on any atom is 0.127 e. The summed E-state index contributed by atoms with van der Waals surface area (Å²) in [5.41, 5.74) is 3.78. The predicted octanol–water partition coefficient (Wildman–Crippen LogP) is 6.32. The monoisotopic (exact) mass is 372 g/mol. The molecule has 0 bridgehead atoms. The van der Waals surface area contributed by atoms with Crippen molar-refractivity contribution < 1.29 is 4.74 Å². The second kappa shape index (κ2) is 10.3. The van der Waals surface area contributed by atoms with E-state index < -0.39 is 0 Å². The topological polar surface area (TPSA) is 37.0 Å². The Kier molecular flexibility index (Phi) is 7.28. The van der Waals surface area contributed by atoms with Crippen molar-refractivity contribution in [2.24, 2.45) is 0 Å². The molecule has 28 heavy (non-hydrogen) atoms. The molecule has 0 radical (unpaired) electrons. The van der Waals surface area contributed by atoms with Crippen LogP contribution in [0.15, 0.2) is 85.1 Å². The third kappa shape index (κ3) is 5.24. The van der Waals surface area contributed by atoms with Crippen LogP contribution in [-0.2, 0) is 13.0 Å². The maximum atomic E-state index is 5.90. The van der Waals surface area contributed by atoms with Gasteiger partial charge in [0.25, 0.3) is 0 Å².